The zero-order valence-corrected chi connectivity index (χ0v) is 12.4. The van der Waals surface area contributed by atoms with Crippen LogP contribution in [0.1, 0.15) is 38.3 Å². The monoisotopic (exact) mass is 264 g/mol. The second kappa shape index (κ2) is 5.64. The minimum absolute atomic E-state index is 0.169. The summed E-state index contributed by atoms with van der Waals surface area (Å²) in [5.41, 5.74) is 8.01. The van der Waals surface area contributed by atoms with Crippen LogP contribution in [0, 0.1) is 5.41 Å². The lowest BCUT2D eigenvalue weighted by atomic mass is 9.91. The highest BCUT2D eigenvalue weighted by atomic mass is 32.2. The number of hydrogen-bond acceptors (Lipinski definition) is 3. The molecule has 0 saturated heterocycles. The van der Waals surface area contributed by atoms with Gasteiger partial charge in [-0.25, -0.2) is 0 Å². The number of thioether (sulfide) groups is 1. The van der Waals surface area contributed by atoms with Crippen LogP contribution in [0.25, 0.3) is 0 Å². The van der Waals surface area contributed by atoms with E-state index in [2.05, 4.69) is 43.4 Å². The maximum atomic E-state index is 6.43. The van der Waals surface area contributed by atoms with Crippen molar-refractivity contribution < 1.29 is 0 Å². The Morgan fingerprint density at radius 1 is 1.28 bits per heavy atom. The van der Waals surface area contributed by atoms with Crippen molar-refractivity contribution in [3.8, 4) is 0 Å². The molecule has 1 aliphatic carbocycles. The first kappa shape index (κ1) is 13.9. The van der Waals surface area contributed by atoms with E-state index in [1.54, 1.807) is 0 Å². The largest absolute Gasteiger partial charge is 0.323 e. The van der Waals surface area contributed by atoms with Gasteiger partial charge in [0.25, 0.3) is 0 Å². The highest BCUT2D eigenvalue weighted by Crippen LogP contribution is 2.53. The molecule has 3 heteroatoms. The van der Waals surface area contributed by atoms with Gasteiger partial charge in [-0.05, 0) is 37.6 Å². The highest BCUT2D eigenvalue weighted by Gasteiger charge is 2.47. The molecule has 1 saturated carbocycles. The van der Waals surface area contributed by atoms with Gasteiger partial charge in [-0.2, -0.15) is 0 Å². The molecule has 0 heterocycles. The number of hydrogen-bond donors (Lipinski definition) is 2. The molecule has 0 amide bonds. The Balaban J connectivity index is 2.05. The Morgan fingerprint density at radius 3 is 2.33 bits per heavy atom. The van der Waals surface area contributed by atoms with E-state index in [1.807, 2.05) is 18.8 Å². The summed E-state index contributed by atoms with van der Waals surface area (Å²) in [6.07, 6.45) is 2.50. The van der Waals surface area contributed by atoms with Crippen molar-refractivity contribution in [1.29, 1.82) is 0 Å². The van der Waals surface area contributed by atoms with Crippen molar-refractivity contribution in [1.82, 2.24) is 5.32 Å². The molecule has 1 aromatic rings. The average molecular weight is 264 g/mol. The van der Waals surface area contributed by atoms with Gasteiger partial charge < -0.3 is 11.1 Å². The van der Waals surface area contributed by atoms with Crippen molar-refractivity contribution in [2.45, 2.75) is 42.9 Å². The molecule has 0 bridgehead atoms. The van der Waals surface area contributed by atoms with E-state index in [4.69, 9.17) is 5.73 Å². The van der Waals surface area contributed by atoms with Crippen LogP contribution in [0.4, 0.5) is 0 Å². The summed E-state index contributed by atoms with van der Waals surface area (Å²) in [4.78, 5) is 1.33. The van der Waals surface area contributed by atoms with E-state index in [9.17, 15) is 0 Å². The molecule has 1 aliphatic rings. The van der Waals surface area contributed by atoms with Crippen LogP contribution < -0.4 is 11.1 Å². The Bertz CT molecular complexity index is 382. The van der Waals surface area contributed by atoms with Gasteiger partial charge in [0.2, 0.25) is 0 Å². The Hall–Kier alpha value is -0.510. The fraction of sp³-hybridized carbons (Fsp3) is 0.600. The molecule has 0 aromatic heterocycles. The van der Waals surface area contributed by atoms with Gasteiger partial charge in [-0.1, -0.05) is 26.0 Å². The summed E-state index contributed by atoms with van der Waals surface area (Å²) in [6, 6.07) is 8.98. The summed E-state index contributed by atoms with van der Waals surface area (Å²) in [5.74, 6) is 0. The van der Waals surface area contributed by atoms with Crippen molar-refractivity contribution in [2.24, 2.45) is 11.1 Å². The molecule has 2 rings (SSSR count). The molecular formula is C15H24N2S. The molecule has 0 aliphatic heterocycles. The molecule has 1 unspecified atom stereocenters. The molecule has 3 N–H and O–H groups in total. The third kappa shape index (κ3) is 3.08. The number of rotatable bonds is 6. The standard InChI is InChI=1S/C15H24N2S/c1-11(2)18-13-6-4-12(5-7-13)14(16)15(8-9-15)10-17-3/h4-7,11,14,17H,8-10,16H2,1-3H3. The normalized spacial score (nSPS) is 18.9. The lowest BCUT2D eigenvalue weighted by Gasteiger charge is -2.23. The van der Waals surface area contributed by atoms with Gasteiger partial charge in [0.05, 0.1) is 0 Å². The van der Waals surface area contributed by atoms with Gasteiger partial charge in [0.15, 0.2) is 0 Å². The van der Waals surface area contributed by atoms with Crippen molar-refractivity contribution in [3.63, 3.8) is 0 Å². The van der Waals surface area contributed by atoms with Crippen molar-refractivity contribution >= 4 is 11.8 Å². The van der Waals surface area contributed by atoms with E-state index in [0.717, 1.165) is 6.54 Å². The van der Waals surface area contributed by atoms with Crippen LogP contribution in [-0.4, -0.2) is 18.8 Å². The Morgan fingerprint density at radius 2 is 1.89 bits per heavy atom. The maximum absolute atomic E-state index is 6.43. The van der Waals surface area contributed by atoms with Crippen molar-refractivity contribution in [3.05, 3.63) is 29.8 Å². The minimum atomic E-state index is 0.169. The molecule has 1 fully saturated rings. The van der Waals surface area contributed by atoms with Crippen LogP contribution in [0.15, 0.2) is 29.2 Å². The molecule has 1 atom stereocenters. The predicted molar refractivity (Wildman–Crippen MR) is 80.0 cm³/mol. The van der Waals surface area contributed by atoms with Crippen LogP contribution in [0.3, 0.4) is 0 Å². The van der Waals surface area contributed by atoms with E-state index in [-0.39, 0.29) is 6.04 Å². The summed E-state index contributed by atoms with van der Waals surface area (Å²) in [7, 11) is 2.01. The number of nitrogens with two attached hydrogens (primary N) is 1. The first-order valence-electron chi connectivity index (χ1n) is 6.74. The maximum Gasteiger partial charge on any atom is 0.0364 e. The van der Waals surface area contributed by atoms with Gasteiger partial charge in [0.1, 0.15) is 0 Å². The lowest BCUT2D eigenvalue weighted by molar-refractivity contribution is 0.392. The lowest BCUT2D eigenvalue weighted by Crippen LogP contribution is -2.31. The van der Waals surface area contributed by atoms with Crippen LogP contribution in [-0.2, 0) is 0 Å². The average Bonchev–Trinajstić information content (AvgIpc) is 3.10. The fourth-order valence-electron chi connectivity index (χ4n) is 2.49. The van der Waals surface area contributed by atoms with Gasteiger partial charge in [-0.15, -0.1) is 11.8 Å². The molecule has 1 aromatic carbocycles. The van der Waals surface area contributed by atoms with Gasteiger partial charge >= 0.3 is 0 Å². The molecular weight excluding hydrogens is 240 g/mol. The molecule has 0 spiro atoms. The summed E-state index contributed by atoms with van der Waals surface area (Å²) >= 11 is 1.90. The molecule has 0 radical (unpaired) electrons. The summed E-state index contributed by atoms with van der Waals surface area (Å²) in [5, 5.41) is 3.90. The summed E-state index contributed by atoms with van der Waals surface area (Å²) < 4.78 is 0. The molecule has 18 heavy (non-hydrogen) atoms. The van der Waals surface area contributed by atoms with Gasteiger partial charge in [-0.3, -0.25) is 0 Å². The van der Waals surface area contributed by atoms with E-state index in [0.29, 0.717) is 10.7 Å². The summed E-state index contributed by atoms with van der Waals surface area (Å²) in [6.45, 7) is 5.46. The van der Waals surface area contributed by atoms with Crippen molar-refractivity contribution in [2.75, 3.05) is 13.6 Å². The second-order valence-electron chi connectivity index (χ2n) is 5.61. The Kier molecular flexibility index (Phi) is 4.36. The molecule has 100 valence electrons. The van der Waals surface area contributed by atoms with E-state index >= 15 is 0 Å². The first-order chi connectivity index (χ1) is 8.57. The Labute approximate surface area is 115 Å². The van der Waals surface area contributed by atoms with Crippen LogP contribution in [0.5, 0.6) is 0 Å². The van der Waals surface area contributed by atoms with Crippen LogP contribution >= 0.6 is 11.8 Å². The smallest absolute Gasteiger partial charge is 0.0364 e. The first-order valence-corrected chi connectivity index (χ1v) is 7.62. The molecule has 2 nitrogen and oxygen atoms in total. The number of nitrogens with one attached hydrogen (secondary N) is 1. The zero-order chi connectivity index (χ0) is 13.2. The van der Waals surface area contributed by atoms with E-state index < -0.39 is 0 Å². The second-order valence-corrected chi connectivity index (χ2v) is 7.26. The van der Waals surface area contributed by atoms with Gasteiger partial charge in [0, 0.05) is 28.1 Å². The fourth-order valence-corrected chi connectivity index (χ4v) is 3.33. The van der Waals surface area contributed by atoms with E-state index in [1.165, 1.54) is 23.3 Å². The minimum Gasteiger partial charge on any atom is -0.323 e. The third-order valence-electron chi connectivity index (χ3n) is 3.69. The third-order valence-corrected chi connectivity index (χ3v) is 4.71. The topological polar surface area (TPSA) is 38.0 Å². The SMILES string of the molecule is CNCC1(C(N)c2ccc(SC(C)C)cc2)CC1. The highest BCUT2D eigenvalue weighted by molar-refractivity contribution is 7.99. The quantitative estimate of drug-likeness (QED) is 0.775. The number of benzene rings is 1. The predicted octanol–water partition coefficient (Wildman–Crippen LogP) is 3.19. The van der Waals surface area contributed by atoms with Crippen LogP contribution in [0.2, 0.25) is 0 Å². The zero-order valence-electron chi connectivity index (χ0n) is 11.6.